The van der Waals surface area contributed by atoms with Crippen LogP contribution in [-0.2, 0) is 11.2 Å². The number of carbonyl (C=O) groups excluding carboxylic acids is 1. The minimum atomic E-state index is 0.200. The molecule has 17 heavy (non-hydrogen) atoms. The molecule has 1 aliphatic carbocycles. The lowest BCUT2D eigenvalue weighted by Gasteiger charge is -2.03. The maximum Gasteiger partial charge on any atom is 0.220 e. The molecule has 2 N–H and O–H groups in total. The highest BCUT2D eigenvalue weighted by Crippen LogP contribution is 2.33. The fourth-order valence-corrected chi connectivity index (χ4v) is 2.09. The Bertz CT molecular complexity index is 349. The number of rotatable bonds is 7. The molecule has 0 spiro atoms. The van der Waals surface area contributed by atoms with E-state index in [0.29, 0.717) is 12.5 Å². The summed E-state index contributed by atoms with van der Waals surface area (Å²) >= 11 is 0. The van der Waals surface area contributed by atoms with Gasteiger partial charge in [-0.15, -0.1) is 0 Å². The van der Waals surface area contributed by atoms with Gasteiger partial charge >= 0.3 is 0 Å². The molecule has 5 heteroatoms. The Morgan fingerprint density at radius 2 is 2.47 bits per heavy atom. The number of unbranched alkanes of at least 4 members (excludes halogenated alkanes) is 1. The van der Waals surface area contributed by atoms with Crippen molar-refractivity contribution in [3.05, 3.63) is 11.9 Å². The minimum absolute atomic E-state index is 0.200. The molecule has 1 aromatic heterocycles. The van der Waals surface area contributed by atoms with Crippen LogP contribution in [0.3, 0.4) is 0 Å². The molecular weight excluding hydrogens is 216 g/mol. The van der Waals surface area contributed by atoms with Crippen LogP contribution in [0.25, 0.3) is 0 Å². The second-order valence-electron chi connectivity index (χ2n) is 4.75. The highest BCUT2D eigenvalue weighted by atomic mass is 16.1. The average molecular weight is 236 g/mol. The van der Waals surface area contributed by atoms with Crippen LogP contribution < -0.4 is 5.32 Å². The first-order valence-corrected chi connectivity index (χ1v) is 6.43. The zero-order chi connectivity index (χ0) is 12.1. The fraction of sp³-hybridized carbons (Fsp3) is 0.750. The summed E-state index contributed by atoms with van der Waals surface area (Å²) in [6, 6.07) is 0.461. The van der Waals surface area contributed by atoms with Crippen LogP contribution in [0.2, 0.25) is 0 Å². The third kappa shape index (κ3) is 3.84. The van der Waals surface area contributed by atoms with Crippen LogP contribution in [0.5, 0.6) is 0 Å². The number of amides is 1. The van der Waals surface area contributed by atoms with E-state index in [9.17, 15) is 4.79 Å². The summed E-state index contributed by atoms with van der Waals surface area (Å²) < 4.78 is 0. The topological polar surface area (TPSA) is 70.7 Å². The quantitative estimate of drug-likeness (QED) is 0.704. The Hall–Kier alpha value is -1.39. The minimum Gasteiger partial charge on any atom is -0.353 e. The zero-order valence-electron chi connectivity index (χ0n) is 10.3. The molecule has 2 rings (SSSR count). The van der Waals surface area contributed by atoms with Gasteiger partial charge in [-0.05, 0) is 31.6 Å². The molecule has 94 valence electrons. The normalized spacial score (nSPS) is 22.4. The van der Waals surface area contributed by atoms with E-state index in [0.717, 1.165) is 30.9 Å². The highest BCUT2D eigenvalue weighted by molar-refractivity contribution is 5.76. The van der Waals surface area contributed by atoms with Gasteiger partial charge in [-0.25, -0.2) is 0 Å². The van der Waals surface area contributed by atoms with Crippen LogP contribution in [-0.4, -0.2) is 27.4 Å². The third-order valence-corrected chi connectivity index (χ3v) is 3.35. The smallest absolute Gasteiger partial charge is 0.220 e. The molecule has 1 aromatic rings. The SMILES string of the molecule is CC[C@@H]1C[C@H]1NC(=O)CCCCc1cn[nH]n1. The molecule has 1 fully saturated rings. The second-order valence-corrected chi connectivity index (χ2v) is 4.75. The summed E-state index contributed by atoms with van der Waals surface area (Å²) in [7, 11) is 0. The lowest BCUT2D eigenvalue weighted by atomic mass is 10.1. The van der Waals surface area contributed by atoms with Crippen LogP contribution in [0.4, 0.5) is 0 Å². The predicted octanol–water partition coefficient (Wildman–Crippen LogP) is 1.43. The molecule has 1 saturated carbocycles. The van der Waals surface area contributed by atoms with Gasteiger partial charge < -0.3 is 5.32 Å². The Kier molecular flexibility index (Phi) is 4.12. The first kappa shape index (κ1) is 12.1. The fourth-order valence-electron chi connectivity index (χ4n) is 2.09. The van der Waals surface area contributed by atoms with E-state index in [4.69, 9.17) is 0 Å². The van der Waals surface area contributed by atoms with E-state index in [1.165, 1.54) is 12.8 Å². The van der Waals surface area contributed by atoms with Crippen molar-refractivity contribution in [1.29, 1.82) is 0 Å². The van der Waals surface area contributed by atoms with Gasteiger partial charge in [0.2, 0.25) is 5.91 Å². The molecule has 0 saturated heterocycles. The van der Waals surface area contributed by atoms with Gasteiger partial charge in [0.25, 0.3) is 0 Å². The standard InChI is InChI=1S/C12H20N4O/c1-2-9-7-11(9)14-12(17)6-4-3-5-10-8-13-16-15-10/h8-9,11H,2-7H2,1H3,(H,14,17)(H,13,15,16)/t9-,11-/m1/s1. The second kappa shape index (κ2) is 5.80. The summed E-state index contributed by atoms with van der Waals surface area (Å²) in [5.74, 6) is 0.931. The van der Waals surface area contributed by atoms with Crippen molar-refractivity contribution in [3.63, 3.8) is 0 Å². The molecule has 1 heterocycles. The Balaban J connectivity index is 1.52. The van der Waals surface area contributed by atoms with Crippen LogP contribution in [0, 0.1) is 5.92 Å². The Morgan fingerprint density at radius 3 is 3.12 bits per heavy atom. The van der Waals surface area contributed by atoms with Gasteiger partial charge in [-0.2, -0.15) is 15.4 Å². The molecule has 0 aromatic carbocycles. The summed E-state index contributed by atoms with van der Waals surface area (Å²) in [5, 5.41) is 13.4. The van der Waals surface area contributed by atoms with E-state index < -0.39 is 0 Å². The van der Waals surface area contributed by atoms with Gasteiger partial charge in [0.15, 0.2) is 0 Å². The van der Waals surface area contributed by atoms with Gasteiger partial charge in [-0.3, -0.25) is 4.79 Å². The van der Waals surface area contributed by atoms with E-state index in [1.54, 1.807) is 6.20 Å². The number of nitrogens with zero attached hydrogens (tertiary/aromatic N) is 2. The van der Waals surface area contributed by atoms with Crippen LogP contribution in [0.15, 0.2) is 6.20 Å². The first-order valence-electron chi connectivity index (χ1n) is 6.43. The van der Waals surface area contributed by atoms with Crippen molar-refractivity contribution in [3.8, 4) is 0 Å². The van der Waals surface area contributed by atoms with Crippen LogP contribution in [0.1, 0.15) is 44.7 Å². The Morgan fingerprint density at radius 1 is 1.59 bits per heavy atom. The Labute approximate surface area is 101 Å². The number of hydrogen-bond acceptors (Lipinski definition) is 3. The molecule has 2 atom stereocenters. The summed E-state index contributed by atoms with van der Waals surface area (Å²) in [6.07, 6.45) is 7.51. The predicted molar refractivity (Wildman–Crippen MR) is 64.3 cm³/mol. The van der Waals surface area contributed by atoms with Crippen molar-refractivity contribution in [2.75, 3.05) is 0 Å². The number of aromatic amines is 1. The molecule has 1 amide bonds. The maximum absolute atomic E-state index is 11.6. The van der Waals surface area contributed by atoms with Crippen molar-refractivity contribution >= 4 is 5.91 Å². The number of carbonyl (C=O) groups is 1. The first-order chi connectivity index (χ1) is 8.29. The molecular formula is C12H20N4O. The van der Waals surface area contributed by atoms with E-state index in [2.05, 4.69) is 27.7 Å². The number of aryl methyl sites for hydroxylation is 1. The lowest BCUT2D eigenvalue weighted by molar-refractivity contribution is -0.121. The zero-order valence-corrected chi connectivity index (χ0v) is 10.3. The summed E-state index contributed by atoms with van der Waals surface area (Å²) in [5.41, 5.74) is 0.971. The van der Waals surface area contributed by atoms with Crippen molar-refractivity contribution in [1.82, 2.24) is 20.7 Å². The molecule has 0 aliphatic heterocycles. The lowest BCUT2D eigenvalue weighted by Crippen LogP contribution is -2.26. The van der Waals surface area contributed by atoms with Gasteiger partial charge in [0, 0.05) is 12.5 Å². The largest absolute Gasteiger partial charge is 0.353 e. The molecule has 0 radical (unpaired) electrons. The highest BCUT2D eigenvalue weighted by Gasteiger charge is 2.36. The monoisotopic (exact) mass is 236 g/mol. The van der Waals surface area contributed by atoms with Crippen LogP contribution >= 0.6 is 0 Å². The van der Waals surface area contributed by atoms with Crippen molar-refractivity contribution < 1.29 is 4.79 Å². The van der Waals surface area contributed by atoms with Crippen molar-refractivity contribution in [2.45, 2.75) is 51.5 Å². The summed E-state index contributed by atoms with van der Waals surface area (Å²) in [4.78, 5) is 11.6. The van der Waals surface area contributed by atoms with Gasteiger partial charge in [0.05, 0.1) is 11.9 Å². The summed E-state index contributed by atoms with van der Waals surface area (Å²) in [6.45, 7) is 2.18. The number of hydrogen-bond donors (Lipinski definition) is 2. The molecule has 0 unspecified atom stereocenters. The average Bonchev–Trinajstić information content (AvgIpc) is 2.86. The number of aromatic nitrogens is 3. The third-order valence-electron chi connectivity index (χ3n) is 3.35. The van der Waals surface area contributed by atoms with E-state index >= 15 is 0 Å². The van der Waals surface area contributed by atoms with Gasteiger partial charge in [-0.1, -0.05) is 13.3 Å². The van der Waals surface area contributed by atoms with Gasteiger partial charge in [0.1, 0.15) is 0 Å². The van der Waals surface area contributed by atoms with E-state index in [-0.39, 0.29) is 5.91 Å². The molecule has 1 aliphatic rings. The maximum atomic E-state index is 11.6. The van der Waals surface area contributed by atoms with E-state index in [1.807, 2.05) is 0 Å². The van der Waals surface area contributed by atoms with Crippen molar-refractivity contribution in [2.24, 2.45) is 5.92 Å². The number of nitrogens with one attached hydrogen (secondary N) is 2. The molecule has 0 bridgehead atoms. The molecule has 5 nitrogen and oxygen atoms in total. The number of H-pyrrole nitrogens is 1.